The number of fused-ring (bicyclic) bond motifs is 1. The van der Waals surface area contributed by atoms with Gasteiger partial charge < -0.3 is 25.3 Å². The van der Waals surface area contributed by atoms with Crippen LogP contribution in [0.15, 0.2) is 24.8 Å². The van der Waals surface area contributed by atoms with Crippen LogP contribution in [-0.4, -0.2) is 87.3 Å². The summed E-state index contributed by atoms with van der Waals surface area (Å²) in [7, 11) is 1.87. The molecule has 0 radical (unpaired) electrons. The van der Waals surface area contributed by atoms with Crippen LogP contribution in [0.4, 0.5) is 5.82 Å². The van der Waals surface area contributed by atoms with Gasteiger partial charge in [0.1, 0.15) is 17.9 Å². The molecule has 0 unspecified atom stereocenters. The molecule has 2 aromatic rings. The fraction of sp³-hybridized carbons (Fsp3) is 0.524. The molecule has 2 aromatic heterocycles. The zero-order valence-corrected chi connectivity index (χ0v) is 19.5. The highest BCUT2D eigenvalue weighted by atomic mass is 16.6. The Kier molecular flexibility index (Phi) is 8.12. The number of aromatic nitrogens is 4. The lowest BCUT2D eigenvalue weighted by Crippen LogP contribution is -2.43. The highest BCUT2D eigenvalue weighted by molar-refractivity contribution is 5.81. The van der Waals surface area contributed by atoms with Gasteiger partial charge in [0.15, 0.2) is 29.9 Å². The van der Waals surface area contributed by atoms with Crippen LogP contribution in [-0.2, 0) is 28.6 Å². The van der Waals surface area contributed by atoms with Crippen molar-refractivity contribution in [1.82, 2.24) is 29.7 Å². The molecule has 1 aliphatic rings. The maximum absolute atomic E-state index is 11.9. The third kappa shape index (κ3) is 6.05. The molecule has 3 N–H and O–H groups in total. The lowest BCUT2D eigenvalue weighted by atomic mass is 10.1. The number of carbonyl (C=O) groups is 3. The van der Waals surface area contributed by atoms with Gasteiger partial charge in [0.2, 0.25) is 5.91 Å². The van der Waals surface area contributed by atoms with Gasteiger partial charge in [0, 0.05) is 40.4 Å². The standard InChI is InChI=1S/C21H29N7O6/c1-12(29)23-7-5-6-8-27(4)9-15-17(32-13(2)30)18(33-14(3)31)21(34-15)28-11-26-16-19(22)24-10-25-20(16)28/h5-6,10-11,15,17-18,21H,7-9H2,1-4H3,(H,23,29)(H2,22,24,25)/b6-5-/t15-,17-,18-,21-/m1/s1. The second-order valence-corrected chi connectivity index (χ2v) is 7.93. The number of nitrogen functional groups attached to an aromatic ring is 1. The number of amides is 1. The molecule has 0 spiro atoms. The van der Waals surface area contributed by atoms with E-state index in [1.807, 2.05) is 24.1 Å². The van der Waals surface area contributed by atoms with E-state index in [2.05, 4.69) is 20.3 Å². The molecule has 0 bridgehead atoms. The third-order valence-electron chi connectivity index (χ3n) is 5.10. The van der Waals surface area contributed by atoms with E-state index in [1.54, 1.807) is 4.57 Å². The second kappa shape index (κ2) is 11.0. The van der Waals surface area contributed by atoms with E-state index in [4.69, 9.17) is 19.9 Å². The fourth-order valence-electron chi connectivity index (χ4n) is 3.71. The van der Waals surface area contributed by atoms with Crippen LogP contribution in [0.2, 0.25) is 0 Å². The highest BCUT2D eigenvalue weighted by Crippen LogP contribution is 2.36. The SMILES string of the molecule is CC(=O)NC/C=C\CN(C)C[C@H]1O[C@@H](n2cnc3c(N)ncnc32)[C@H](OC(C)=O)[C@@H]1OC(C)=O. The quantitative estimate of drug-likeness (QED) is 0.364. The number of nitrogens with one attached hydrogen (secondary N) is 1. The first-order valence-electron chi connectivity index (χ1n) is 10.7. The molecule has 1 aliphatic heterocycles. The smallest absolute Gasteiger partial charge is 0.303 e. The van der Waals surface area contributed by atoms with Crippen molar-refractivity contribution in [1.29, 1.82) is 0 Å². The minimum Gasteiger partial charge on any atom is -0.456 e. The Balaban J connectivity index is 1.83. The van der Waals surface area contributed by atoms with E-state index in [0.29, 0.717) is 30.8 Å². The van der Waals surface area contributed by atoms with E-state index < -0.39 is 36.5 Å². The van der Waals surface area contributed by atoms with E-state index in [0.717, 1.165) is 0 Å². The van der Waals surface area contributed by atoms with E-state index in [-0.39, 0.29) is 11.7 Å². The van der Waals surface area contributed by atoms with Gasteiger partial charge in [-0.05, 0) is 7.05 Å². The molecule has 0 aromatic carbocycles. The Bertz CT molecular complexity index is 1070. The van der Waals surface area contributed by atoms with Gasteiger partial charge in [0.25, 0.3) is 0 Å². The van der Waals surface area contributed by atoms with Gasteiger partial charge in [-0.1, -0.05) is 12.2 Å². The molecule has 3 heterocycles. The van der Waals surface area contributed by atoms with Gasteiger partial charge in [0.05, 0.1) is 6.33 Å². The molecule has 1 fully saturated rings. The Morgan fingerprint density at radius 3 is 2.53 bits per heavy atom. The van der Waals surface area contributed by atoms with Crippen molar-refractivity contribution in [3.05, 3.63) is 24.8 Å². The van der Waals surface area contributed by atoms with E-state index in [9.17, 15) is 14.4 Å². The minimum absolute atomic E-state index is 0.108. The van der Waals surface area contributed by atoms with Crippen LogP contribution in [0.1, 0.15) is 27.0 Å². The van der Waals surface area contributed by atoms with Crippen molar-refractivity contribution in [3.63, 3.8) is 0 Å². The lowest BCUT2D eigenvalue weighted by Gasteiger charge is -2.25. The van der Waals surface area contributed by atoms with E-state index >= 15 is 0 Å². The zero-order chi connectivity index (χ0) is 24.8. The number of nitrogens with zero attached hydrogens (tertiary/aromatic N) is 5. The van der Waals surface area contributed by atoms with Crippen LogP contribution in [0, 0.1) is 0 Å². The lowest BCUT2D eigenvalue weighted by molar-refractivity contribution is -0.165. The molecule has 1 saturated heterocycles. The fourth-order valence-corrected chi connectivity index (χ4v) is 3.71. The number of hydrogen-bond donors (Lipinski definition) is 2. The van der Waals surface area contributed by atoms with Gasteiger partial charge in [-0.25, -0.2) is 15.0 Å². The van der Waals surface area contributed by atoms with Crippen molar-refractivity contribution in [2.75, 3.05) is 32.4 Å². The number of likely N-dealkylation sites (N-methyl/N-ethyl adjacent to an activating group) is 1. The van der Waals surface area contributed by atoms with Gasteiger partial charge in [-0.3, -0.25) is 23.9 Å². The summed E-state index contributed by atoms with van der Waals surface area (Å²) in [6, 6.07) is 0. The number of carbonyl (C=O) groups excluding carboxylic acids is 3. The van der Waals surface area contributed by atoms with Crippen LogP contribution in [0.5, 0.6) is 0 Å². The number of anilines is 1. The first-order chi connectivity index (χ1) is 16.2. The normalized spacial score (nSPS) is 22.4. The summed E-state index contributed by atoms with van der Waals surface area (Å²) >= 11 is 0. The topological polar surface area (TPSA) is 164 Å². The van der Waals surface area contributed by atoms with Gasteiger partial charge in [-0.15, -0.1) is 0 Å². The van der Waals surface area contributed by atoms with E-state index in [1.165, 1.54) is 33.4 Å². The molecular formula is C21H29N7O6. The largest absolute Gasteiger partial charge is 0.456 e. The Morgan fingerprint density at radius 1 is 1.15 bits per heavy atom. The molecule has 184 valence electrons. The minimum atomic E-state index is -0.941. The van der Waals surface area contributed by atoms with Crippen LogP contribution in [0.3, 0.4) is 0 Å². The Labute approximate surface area is 196 Å². The number of nitrogens with two attached hydrogens (primary N) is 1. The molecule has 0 saturated carbocycles. The predicted molar refractivity (Wildman–Crippen MR) is 120 cm³/mol. The number of ether oxygens (including phenoxy) is 3. The monoisotopic (exact) mass is 475 g/mol. The first-order valence-corrected chi connectivity index (χ1v) is 10.7. The molecule has 0 aliphatic carbocycles. The zero-order valence-electron chi connectivity index (χ0n) is 19.5. The number of imidazole rings is 1. The summed E-state index contributed by atoms with van der Waals surface area (Å²) in [6.07, 6.45) is 3.22. The number of rotatable bonds is 9. The Morgan fingerprint density at radius 2 is 1.85 bits per heavy atom. The average Bonchev–Trinajstić information content (AvgIpc) is 3.30. The summed E-state index contributed by atoms with van der Waals surface area (Å²) in [5.74, 6) is -0.992. The first kappa shape index (κ1) is 25.1. The number of esters is 2. The van der Waals surface area contributed by atoms with Crippen LogP contribution >= 0.6 is 0 Å². The maximum atomic E-state index is 11.9. The molecule has 3 rings (SSSR count). The molecule has 13 heteroatoms. The Hall–Kier alpha value is -3.58. The summed E-state index contributed by atoms with van der Waals surface area (Å²) in [4.78, 5) is 49.1. The van der Waals surface area contributed by atoms with Crippen molar-refractivity contribution in [3.8, 4) is 0 Å². The number of hydrogen-bond acceptors (Lipinski definition) is 11. The summed E-state index contributed by atoms with van der Waals surface area (Å²) in [5.41, 5.74) is 6.67. The van der Waals surface area contributed by atoms with Crippen LogP contribution < -0.4 is 11.1 Å². The van der Waals surface area contributed by atoms with Crippen molar-refractivity contribution in [2.24, 2.45) is 0 Å². The van der Waals surface area contributed by atoms with Gasteiger partial charge in [-0.2, -0.15) is 0 Å². The predicted octanol–water partition coefficient (Wildman–Crippen LogP) is -0.207. The molecular weight excluding hydrogens is 446 g/mol. The maximum Gasteiger partial charge on any atom is 0.303 e. The average molecular weight is 476 g/mol. The van der Waals surface area contributed by atoms with Crippen molar-refractivity contribution >= 4 is 34.8 Å². The summed E-state index contributed by atoms with van der Waals surface area (Å²) < 4.78 is 18.9. The summed E-state index contributed by atoms with van der Waals surface area (Å²) in [5, 5.41) is 2.68. The molecule has 13 nitrogen and oxygen atoms in total. The molecule has 34 heavy (non-hydrogen) atoms. The summed E-state index contributed by atoms with van der Waals surface area (Å²) in [6.45, 7) is 5.34. The van der Waals surface area contributed by atoms with Gasteiger partial charge >= 0.3 is 11.9 Å². The highest BCUT2D eigenvalue weighted by Gasteiger charge is 2.50. The molecule has 1 amide bonds. The van der Waals surface area contributed by atoms with Crippen LogP contribution in [0.25, 0.3) is 11.2 Å². The van der Waals surface area contributed by atoms with Crippen molar-refractivity contribution in [2.45, 2.75) is 45.3 Å². The second-order valence-electron chi connectivity index (χ2n) is 7.93. The van der Waals surface area contributed by atoms with Crippen molar-refractivity contribution < 1.29 is 28.6 Å². The third-order valence-corrected chi connectivity index (χ3v) is 5.10. The molecule has 4 atom stereocenters.